The summed E-state index contributed by atoms with van der Waals surface area (Å²) in [5, 5.41) is 19.1. The molecule has 1 amide bonds. The summed E-state index contributed by atoms with van der Waals surface area (Å²) in [5.41, 5.74) is -8.04. The van der Waals surface area contributed by atoms with Crippen LogP contribution >= 0.6 is 0 Å². The van der Waals surface area contributed by atoms with Crippen molar-refractivity contribution < 1.29 is 46.2 Å². The van der Waals surface area contributed by atoms with E-state index in [-0.39, 0.29) is 0 Å². The van der Waals surface area contributed by atoms with E-state index in [1.165, 1.54) is 18.6 Å². The zero-order valence-corrected chi connectivity index (χ0v) is 13.7. The average molecular weight is 378 g/mol. The number of nitrogens with one attached hydrogen (secondary N) is 2. The molecule has 2 atom stereocenters. The van der Waals surface area contributed by atoms with Crippen molar-refractivity contribution in [3.63, 3.8) is 0 Å². The maximum absolute atomic E-state index is 12.5. The van der Waals surface area contributed by atoms with Crippen molar-refractivity contribution in [3.05, 3.63) is 0 Å². The molecule has 0 fully saturated rings. The monoisotopic (exact) mass is 378 g/mol. The molecular weight excluding hydrogens is 361 g/mol. The Labute approximate surface area is 135 Å². The Bertz CT molecular complexity index is 618. The fourth-order valence-corrected chi connectivity index (χ4v) is 2.45. The van der Waals surface area contributed by atoms with Gasteiger partial charge in [-0.1, -0.05) is 13.8 Å². The first kappa shape index (κ1) is 22.1. The van der Waals surface area contributed by atoms with Gasteiger partial charge in [0, 0.05) is 0 Å². The highest BCUT2D eigenvalue weighted by atomic mass is 32.2. The number of carboxylic acids is 2. The summed E-state index contributed by atoms with van der Waals surface area (Å²) < 4.78 is 61.2. The molecule has 0 aliphatic heterocycles. The maximum Gasteiger partial charge on any atom is 0.511 e. The number of hydrogen-bond donors (Lipinski definition) is 4. The van der Waals surface area contributed by atoms with Gasteiger partial charge in [-0.15, -0.1) is 0 Å². The van der Waals surface area contributed by atoms with Crippen molar-refractivity contribution in [1.29, 1.82) is 0 Å². The Kier molecular flexibility index (Phi) is 6.76. The maximum atomic E-state index is 12.5. The van der Waals surface area contributed by atoms with Crippen LogP contribution in [-0.2, 0) is 24.4 Å². The van der Waals surface area contributed by atoms with E-state index in [2.05, 4.69) is 0 Å². The van der Waals surface area contributed by atoms with Crippen LogP contribution in [0.15, 0.2) is 0 Å². The van der Waals surface area contributed by atoms with Crippen LogP contribution in [0.5, 0.6) is 0 Å². The fraction of sp³-hybridized carbons (Fsp3) is 0.727. The lowest BCUT2D eigenvalue weighted by Gasteiger charge is -2.34. The van der Waals surface area contributed by atoms with E-state index < -0.39 is 57.3 Å². The van der Waals surface area contributed by atoms with Crippen LogP contribution < -0.4 is 10.0 Å². The molecular formula is C11H17F3N2O7S. The molecule has 0 unspecified atom stereocenters. The van der Waals surface area contributed by atoms with E-state index in [1.54, 1.807) is 5.32 Å². The number of alkyl halides is 3. The fourth-order valence-electron chi connectivity index (χ4n) is 1.45. The third-order valence-corrected chi connectivity index (χ3v) is 4.56. The van der Waals surface area contributed by atoms with E-state index in [4.69, 9.17) is 10.2 Å². The van der Waals surface area contributed by atoms with E-state index in [0.717, 1.165) is 6.92 Å². The molecule has 0 aliphatic carbocycles. The Morgan fingerprint density at radius 2 is 1.58 bits per heavy atom. The second-order valence-electron chi connectivity index (χ2n) is 5.37. The first-order chi connectivity index (χ1) is 10.5. The van der Waals surface area contributed by atoms with E-state index in [0.29, 0.717) is 0 Å². The highest BCUT2D eigenvalue weighted by Gasteiger charge is 2.52. The molecule has 0 rings (SSSR count). The molecule has 4 N–H and O–H groups in total. The zero-order valence-electron chi connectivity index (χ0n) is 12.8. The van der Waals surface area contributed by atoms with Gasteiger partial charge < -0.3 is 15.5 Å². The van der Waals surface area contributed by atoms with Gasteiger partial charge in [-0.25, -0.2) is 13.2 Å². The molecule has 0 heterocycles. The van der Waals surface area contributed by atoms with E-state index in [9.17, 15) is 36.0 Å². The molecule has 0 spiro atoms. The number of amides is 1. The summed E-state index contributed by atoms with van der Waals surface area (Å²) in [6.07, 6.45) is -1.04. The van der Waals surface area contributed by atoms with Gasteiger partial charge in [0.05, 0.1) is 6.42 Å². The molecule has 13 heteroatoms. The van der Waals surface area contributed by atoms with Gasteiger partial charge in [0.1, 0.15) is 11.6 Å². The number of carbonyl (C=O) groups is 3. The number of hydrogen-bond acceptors (Lipinski definition) is 5. The first-order valence-corrected chi connectivity index (χ1v) is 7.88. The molecule has 140 valence electrons. The lowest BCUT2D eigenvalue weighted by atomic mass is 9.88. The predicted octanol–water partition coefficient (Wildman–Crippen LogP) is -0.116. The van der Waals surface area contributed by atoms with Crippen molar-refractivity contribution >= 4 is 27.9 Å². The quantitative estimate of drug-likeness (QED) is 0.460. The molecule has 0 saturated carbocycles. The van der Waals surface area contributed by atoms with E-state index in [1.807, 2.05) is 0 Å². The van der Waals surface area contributed by atoms with Crippen LogP contribution in [0.3, 0.4) is 0 Å². The minimum Gasteiger partial charge on any atom is -0.481 e. The van der Waals surface area contributed by atoms with Crippen molar-refractivity contribution in [2.45, 2.75) is 44.3 Å². The summed E-state index contributed by atoms with van der Waals surface area (Å²) in [4.78, 5) is 33.6. The summed E-state index contributed by atoms with van der Waals surface area (Å²) >= 11 is 0. The van der Waals surface area contributed by atoms with Gasteiger partial charge in [0.2, 0.25) is 5.91 Å². The number of aliphatic carboxylic acids is 2. The van der Waals surface area contributed by atoms with Crippen molar-refractivity contribution in [2.75, 3.05) is 0 Å². The molecule has 0 aliphatic rings. The molecule has 0 aromatic heterocycles. The molecule has 0 aromatic rings. The van der Waals surface area contributed by atoms with Gasteiger partial charge in [-0.2, -0.15) is 17.9 Å². The Morgan fingerprint density at radius 3 is 1.88 bits per heavy atom. The van der Waals surface area contributed by atoms with Gasteiger partial charge in [0.15, 0.2) is 0 Å². The standard InChI is InChI=1S/C11H17F3N2O7S/c1-5(2)10(3,16-24(22,23)11(12,13)14)9(21)15-6(8(19)20)4-7(17)18/h5-6,16H,4H2,1-3H3,(H,15,21)(H,17,18)(H,19,20)/t6-,10-/m0/s1. The number of carbonyl (C=O) groups excluding carboxylic acids is 1. The summed E-state index contributed by atoms with van der Waals surface area (Å²) in [6.45, 7) is 3.28. The number of sulfonamides is 1. The van der Waals surface area contributed by atoms with Gasteiger partial charge in [-0.05, 0) is 12.8 Å². The molecule has 0 radical (unpaired) electrons. The molecule has 24 heavy (non-hydrogen) atoms. The van der Waals surface area contributed by atoms with Crippen LogP contribution in [0.1, 0.15) is 27.2 Å². The minimum atomic E-state index is -5.90. The normalized spacial score (nSPS) is 16.3. The largest absolute Gasteiger partial charge is 0.511 e. The Morgan fingerprint density at radius 1 is 1.12 bits per heavy atom. The highest BCUT2D eigenvalue weighted by Crippen LogP contribution is 2.27. The third kappa shape index (κ3) is 5.33. The SMILES string of the molecule is CC(C)[C@](C)(NS(=O)(=O)C(F)(F)F)C(=O)N[C@@H](CC(=O)O)C(=O)O. The number of halogens is 3. The summed E-state index contributed by atoms with van der Waals surface area (Å²) in [5.74, 6) is -5.74. The number of rotatable bonds is 8. The zero-order chi connectivity index (χ0) is 19.5. The van der Waals surface area contributed by atoms with Gasteiger partial charge in [0.25, 0.3) is 0 Å². The van der Waals surface area contributed by atoms with Gasteiger partial charge in [-0.3, -0.25) is 9.59 Å². The Hall–Kier alpha value is -1.89. The van der Waals surface area contributed by atoms with Crippen molar-refractivity contribution in [2.24, 2.45) is 5.92 Å². The van der Waals surface area contributed by atoms with Crippen LogP contribution in [0.2, 0.25) is 0 Å². The lowest BCUT2D eigenvalue weighted by Crippen LogP contribution is -2.63. The highest BCUT2D eigenvalue weighted by molar-refractivity contribution is 7.90. The van der Waals surface area contributed by atoms with Crippen LogP contribution in [-0.4, -0.2) is 53.6 Å². The van der Waals surface area contributed by atoms with Crippen molar-refractivity contribution in [3.8, 4) is 0 Å². The summed E-state index contributed by atoms with van der Waals surface area (Å²) in [7, 11) is -5.90. The molecule has 0 bridgehead atoms. The number of carboxylic acid groups (broad SMARTS) is 2. The molecule has 9 nitrogen and oxygen atoms in total. The topological polar surface area (TPSA) is 150 Å². The average Bonchev–Trinajstić information content (AvgIpc) is 2.34. The van der Waals surface area contributed by atoms with Crippen LogP contribution in [0.25, 0.3) is 0 Å². The second kappa shape index (κ2) is 7.34. The van der Waals surface area contributed by atoms with E-state index >= 15 is 0 Å². The first-order valence-electron chi connectivity index (χ1n) is 6.40. The van der Waals surface area contributed by atoms with Crippen molar-refractivity contribution in [1.82, 2.24) is 10.0 Å². The smallest absolute Gasteiger partial charge is 0.481 e. The molecule has 0 saturated heterocycles. The minimum absolute atomic E-state index is 0.829. The van der Waals surface area contributed by atoms with Gasteiger partial charge >= 0.3 is 27.5 Å². The second-order valence-corrected chi connectivity index (χ2v) is 7.04. The third-order valence-electron chi connectivity index (χ3n) is 3.26. The Balaban J connectivity index is 5.62. The lowest BCUT2D eigenvalue weighted by molar-refractivity contribution is -0.148. The molecule has 0 aromatic carbocycles. The summed E-state index contributed by atoms with van der Waals surface area (Å²) in [6, 6.07) is -1.94. The predicted molar refractivity (Wildman–Crippen MR) is 73.2 cm³/mol. The van der Waals surface area contributed by atoms with Crippen LogP contribution in [0.4, 0.5) is 13.2 Å². The van der Waals surface area contributed by atoms with Crippen LogP contribution in [0, 0.1) is 5.92 Å².